The molecule has 1 heterocycles. The van der Waals surface area contributed by atoms with E-state index in [0.29, 0.717) is 12.8 Å². The van der Waals surface area contributed by atoms with Crippen LogP contribution in [0.3, 0.4) is 0 Å². The summed E-state index contributed by atoms with van der Waals surface area (Å²) in [6.07, 6.45) is 71.7. The maximum atomic E-state index is 13.4. The zero-order chi connectivity index (χ0) is 59.6. The Morgan fingerprint density at radius 1 is 0.500 bits per heavy atom. The summed E-state index contributed by atoms with van der Waals surface area (Å²) in [5.74, 6) is -1.26. The quantitative estimate of drug-likeness (QED) is 0.0149. The Hall–Kier alpha value is -4.46. The Morgan fingerprint density at radius 2 is 0.939 bits per heavy atom. The van der Waals surface area contributed by atoms with E-state index in [9.17, 15) is 35.1 Å². The van der Waals surface area contributed by atoms with Gasteiger partial charge in [0.2, 0.25) is 5.91 Å². The highest BCUT2D eigenvalue weighted by molar-refractivity contribution is 5.80. The first-order chi connectivity index (χ1) is 40.2. The van der Waals surface area contributed by atoms with Crippen molar-refractivity contribution >= 4 is 11.9 Å². The summed E-state index contributed by atoms with van der Waals surface area (Å²) in [7, 11) is 0. The van der Waals surface area contributed by atoms with Gasteiger partial charge in [-0.25, -0.2) is 0 Å². The standard InChI is InChI=1S/C71H115NO10/c1-4-7-10-13-16-19-22-25-27-28-29-30-31-32-33-34-35-36-37-38-39-41-44-47-50-53-56-59-66(76)82-69-68(78)67(77)65(60-73)81-71(69)80-61-62(63(74)57-54-51-48-45-42-24-21-18-15-12-9-6-3)72-70(79)64(75)58-55-52-49-46-43-40-26-23-20-17-14-11-8-5-2/h7-8,10-11,14,16-17,19-20,23,25-27,29-30,32-33,35-36,40,43,46,54,57,62-65,67-69,71,73-75,77-78H,4-6,9,12-13,15,18,21-22,24,28,31,34,37-39,41-42,44-45,47-53,55-56,58-61H2,1-3H3,(H,72,79)/b10-7-,11-8+,17-14+,19-16-,23-20-,27-25-,30-29-,33-32-,36-35-,40-26-,46-43+,57-54+. The number of carbonyl (C=O) groups is 2. The van der Waals surface area contributed by atoms with Crippen molar-refractivity contribution in [2.24, 2.45) is 0 Å². The largest absolute Gasteiger partial charge is 0.454 e. The molecule has 6 N–H and O–H groups in total. The number of amides is 1. The van der Waals surface area contributed by atoms with Crippen molar-refractivity contribution in [3.63, 3.8) is 0 Å². The average Bonchev–Trinajstić information content (AvgIpc) is 3.48. The smallest absolute Gasteiger partial charge is 0.306 e. The van der Waals surface area contributed by atoms with E-state index >= 15 is 0 Å². The van der Waals surface area contributed by atoms with Gasteiger partial charge in [-0.15, -0.1) is 0 Å². The van der Waals surface area contributed by atoms with Crippen LogP contribution < -0.4 is 5.32 Å². The fraction of sp³-hybridized carbons (Fsp3) is 0.634. The first-order valence-corrected chi connectivity index (χ1v) is 32.2. The van der Waals surface area contributed by atoms with Gasteiger partial charge < -0.3 is 45.1 Å². The Kier molecular flexibility index (Phi) is 52.5. The van der Waals surface area contributed by atoms with Gasteiger partial charge >= 0.3 is 5.97 Å². The molecule has 464 valence electrons. The van der Waals surface area contributed by atoms with E-state index in [-0.39, 0.29) is 19.4 Å². The number of hydrogen-bond donors (Lipinski definition) is 6. The lowest BCUT2D eigenvalue weighted by molar-refractivity contribution is -0.305. The molecule has 11 nitrogen and oxygen atoms in total. The number of carbonyl (C=O) groups excluding carboxylic acids is 2. The third-order valence-electron chi connectivity index (χ3n) is 14.1. The minimum absolute atomic E-state index is 0.0983. The number of aliphatic hydroxyl groups is 5. The van der Waals surface area contributed by atoms with Crippen LogP contribution in [0.4, 0.5) is 0 Å². The third kappa shape index (κ3) is 44.1. The normalized spacial score (nSPS) is 19.6. The van der Waals surface area contributed by atoms with E-state index in [0.717, 1.165) is 116 Å². The molecule has 0 aromatic carbocycles. The van der Waals surface area contributed by atoms with Gasteiger partial charge in [0.1, 0.15) is 24.4 Å². The number of hydrogen-bond acceptors (Lipinski definition) is 10. The van der Waals surface area contributed by atoms with Crippen LogP contribution in [0.25, 0.3) is 0 Å². The maximum Gasteiger partial charge on any atom is 0.306 e. The van der Waals surface area contributed by atoms with Crippen LogP contribution in [0.15, 0.2) is 146 Å². The minimum Gasteiger partial charge on any atom is -0.454 e. The number of rotatable bonds is 52. The predicted octanol–water partition coefficient (Wildman–Crippen LogP) is 15.8. The van der Waals surface area contributed by atoms with Crippen molar-refractivity contribution < 1.29 is 49.3 Å². The summed E-state index contributed by atoms with van der Waals surface area (Å²) >= 11 is 0. The van der Waals surface area contributed by atoms with Crippen molar-refractivity contribution in [3.8, 4) is 0 Å². The summed E-state index contributed by atoms with van der Waals surface area (Å²) < 4.78 is 17.6. The SMILES string of the molecule is CC/C=C\C/C=C\C/C=C\C/C=C\C/C=C\C/C=C\CCCCCCCCCCC(=O)OC1C(OCC(NC(=O)C(O)CCCC/C=C/C=C\C=C/C=C/C=C/CC)C(O)/C=C/CCCCCCCCCCCC)OC(CO)C(O)C1O. The highest BCUT2D eigenvalue weighted by Gasteiger charge is 2.47. The first-order valence-electron chi connectivity index (χ1n) is 32.2. The minimum atomic E-state index is -1.64. The lowest BCUT2D eigenvalue weighted by Crippen LogP contribution is -2.61. The molecule has 1 aliphatic heterocycles. The van der Waals surface area contributed by atoms with Crippen LogP contribution in [0.1, 0.15) is 226 Å². The molecule has 1 aliphatic rings. The molecule has 11 heteroatoms. The third-order valence-corrected chi connectivity index (χ3v) is 14.1. The van der Waals surface area contributed by atoms with Gasteiger partial charge in [0.15, 0.2) is 12.4 Å². The Labute approximate surface area is 498 Å². The van der Waals surface area contributed by atoms with Gasteiger partial charge in [-0.3, -0.25) is 9.59 Å². The molecule has 8 atom stereocenters. The molecule has 0 bridgehead atoms. The van der Waals surface area contributed by atoms with Gasteiger partial charge in [0.05, 0.1) is 25.4 Å². The average molecular weight is 1140 g/mol. The molecule has 0 aromatic heterocycles. The second-order valence-electron chi connectivity index (χ2n) is 21.5. The van der Waals surface area contributed by atoms with Crippen LogP contribution in [0.5, 0.6) is 0 Å². The van der Waals surface area contributed by atoms with Crippen molar-refractivity contribution in [1.82, 2.24) is 5.32 Å². The van der Waals surface area contributed by atoms with E-state index in [1.165, 1.54) is 64.2 Å². The molecule has 1 saturated heterocycles. The summed E-state index contributed by atoms with van der Waals surface area (Å²) in [5, 5.41) is 56.9. The molecular formula is C71H115NO10. The molecule has 8 unspecified atom stereocenters. The van der Waals surface area contributed by atoms with Crippen LogP contribution >= 0.6 is 0 Å². The molecule has 82 heavy (non-hydrogen) atoms. The second-order valence-corrected chi connectivity index (χ2v) is 21.5. The van der Waals surface area contributed by atoms with Crippen molar-refractivity contribution in [3.05, 3.63) is 146 Å². The fourth-order valence-electron chi connectivity index (χ4n) is 9.09. The van der Waals surface area contributed by atoms with Gasteiger partial charge in [0.25, 0.3) is 0 Å². The van der Waals surface area contributed by atoms with Crippen LogP contribution in [0, 0.1) is 0 Å². The number of aliphatic hydroxyl groups excluding tert-OH is 5. The zero-order valence-electron chi connectivity index (χ0n) is 51.3. The number of unbranched alkanes of at least 4 members (excludes halogenated alkanes) is 20. The molecule has 0 saturated carbocycles. The number of esters is 1. The lowest BCUT2D eigenvalue weighted by Gasteiger charge is -2.41. The molecule has 0 radical (unpaired) electrons. The summed E-state index contributed by atoms with van der Waals surface area (Å²) in [5.41, 5.74) is 0. The fourth-order valence-corrected chi connectivity index (χ4v) is 9.09. The molecular weight excluding hydrogens is 1030 g/mol. The Morgan fingerprint density at radius 3 is 1.46 bits per heavy atom. The van der Waals surface area contributed by atoms with Gasteiger partial charge in [-0.1, -0.05) is 269 Å². The van der Waals surface area contributed by atoms with E-state index in [4.69, 9.17) is 14.2 Å². The monoisotopic (exact) mass is 1140 g/mol. The second kappa shape index (κ2) is 57.0. The molecule has 1 fully saturated rings. The van der Waals surface area contributed by atoms with Crippen LogP contribution in [-0.4, -0.2) is 99.6 Å². The van der Waals surface area contributed by atoms with Crippen molar-refractivity contribution in [2.45, 2.75) is 275 Å². The van der Waals surface area contributed by atoms with Crippen LogP contribution in [0.2, 0.25) is 0 Å². The molecule has 0 spiro atoms. The number of ether oxygens (including phenoxy) is 3. The Bertz CT molecular complexity index is 1890. The number of nitrogens with one attached hydrogen (secondary N) is 1. The molecule has 0 aromatic rings. The summed E-state index contributed by atoms with van der Waals surface area (Å²) in [6, 6.07) is -1.06. The molecule has 0 aliphatic carbocycles. The number of allylic oxidation sites excluding steroid dienone is 23. The summed E-state index contributed by atoms with van der Waals surface area (Å²) in [4.78, 5) is 26.6. The Balaban J connectivity index is 2.63. The van der Waals surface area contributed by atoms with E-state index in [1.54, 1.807) is 6.08 Å². The first kappa shape index (κ1) is 75.6. The predicted molar refractivity (Wildman–Crippen MR) is 342 cm³/mol. The zero-order valence-corrected chi connectivity index (χ0v) is 51.3. The maximum absolute atomic E-state index is 13.4. The van der Waals surface area contributed by atoms with Crippen molar-refractivity contribution in [1.29, 1.82) is 0 Å². The topological polar surface area (TPSA) is 175 Å². The highest BCUT2D eigenvalue weighted by atomic mass is 16.7. The van der Waals surface area contributed by atoms with E-state index in [1.807, 2.05) is 60.8 Å². The van der Waals surface area contributed by atoms with Gasteiger partial charge in [0, 0.05) is 6.42 Å². The lowest BCUT2D eigenvalue weighted by atomic mass is 9.99. The van der Waals surface area contributed by atoms with Crippen molar-refractivity contribution in [2.75, 3.05) is 13.2 Å². The van der Waals surface area contributed by atoms with Crippen LogP contribution in [-0.2, 0) is 23.8 Å². The highest BCUT2D eigenvalue weighted by Crippen LogP contribution is 2.26. The molecule has 1 rings (SSSR count). The van der Waals surface area contributed by atoms with E-state index < -0.39 is 67.4 Å². The summed E-state index contributed by atoms with van der Waals surface area (Å²) in [6.45, 7) is 5.48. The molecule has 1 amide bonds. The van der Waals surface area contributed by atoms with Gasteiger partial charge in [-0.2, -0.15) is 0 Å². The van der Waals surface area contributed by atoms with E-state index in [2.05, 4.69) is 105 Å². The van der Waals surface area contributed by atoms with Gasteiger partial charge in [-0.05, 0) is 96.3 Å².